The van der Waals surface area contributed by atoms with E-state index in [0.29, 0.717) is 29.2 Å². The zero-order valence-corrected chi connectivity index (χ0v) is 13.4. The molecule has 1 amide bonds. The molecule has 0 spiro atoms. The van der Waals surface area contributed by atoms with Gasteiger partial charge < -0.3 is 5.32 Å². The van der Waals surface area contributed by atoms with Crippen molar-refractivity contribution in [3.05, 3.63) is 40.5 Å². The Hall–Kier alpha value is -1.90. The Bertz CT molecular complexity index is 647. The highest BCUT2D eigenvalue weighted by Gasteiger charge is 2.35. The van der Waals surface area contributed by atoms with E-state index in [0.717, 1.165) is 30.4 Å². The van der Waals surface area contributed by atoms with Crippen LogP contribution in [0.1, 0.15) is 54.6 Å². The van der Waals surface area contributed by atoms with Gasteiger partial charge in [0.25, 0.3) is 0 Å². The van der Waals surface area contributed by atoms with Crippen LogP contribution < -0.4 is 5.32 Å². The number of aldehydes is 1. The molecule has 1 heterocycles. The number of benzene rings is 1. The maximum atomic E-state index is 12.4. The number of hydrogen-bond acceptors (Lipinski definition) is 2. The summed E-state index contributed by atoms with van der Waals surface area (Å²) in [6.07, 6.45) is 3.72. The summed E-state index contributed by atoms with van der Waals surface area (Å²) in [5, 5.41) is 3.05. The number of carbonyl (C=O) groups excluding carboxylic acids is 2. The van der Waals surface area contributed by atoms with E-state index >= 15 is 0 Å². The summed E-state index contributed by atoms with van der Waals surface area (Å²) < 4.78 is 0. The quantitative estimate of drug-likeness (QED) is 0.807. The minimum absolute atomic E-state index is 0.0586. The van der Waals surface area contributed by atoms with E-state index in [9.17, 15) is 9.59 Å². The number of fused-ring (bicyclic) bond motifs is 3. The molecule has 1 N–H and O–H groups in total. The van der Waals surface area contributed by atoms with Crippen LogP contribution in [0.4, 0.5) is 0 Å². The molecule has 1 aromatic rings. The maximum Gasteiger partial charge on any atom is 0.247 e. The van der Waals surface area contributed by atoms with Gasteiger partial charge in [0.2, 0.25) is 5.91 Å². The van der Waals surface area contributed by atoms with Crippen LogP contribution in [-0.4, -0.2) is 18.7 Å². The van der Waals surface area contributed by atoms with Crippen molar-refractivity contribution in [2.45, 2.75) is 33.1 Å². The molecule has 22 heavy (non-hydrogen) atoms. The Labute approximate surface area is 131 Å². The first kappa shape index (κ1) is 15.0. The highest BCUT2D eigenvalue weighted by molar-refractivity contribution is 5.98. The first-order valence-electron chi connectivity index (χ1n) is 8.09. The number of rotatable bonds is 1. The van der Waals surface area contributed by atoms with Gasteiger partial charge in [0.1, 0.15) is 6.29 Å². The fourth-order valence-electron chi connectivity index (χ4n) is 3.87. The number of amides is 1. The molecule has 1 aliphatic carbocycles. The van der Waals surface area contributed by atoms with Crippen LogP contribution in [0.3, 0.4) is 0 Å². The molecular formula is C19H23NO2. The van der Waals surface area contributed by atoms with E-state index in [1.54, 1.807) is 0 Å². The molecule has 2 aliphatic rings. The molecule has 0 saturated carbocycles. The summed E-state index contributed by atoms with van der Waals surface area (Å²) in [6, 6.07) is 5.79. The lowest BCUT2D eigenvalue weighted by Gasteiger charge is -2.35. The molecule has 0 radical (unpaired) electrons. The predicted molar refractivity (Wildman–Crippen MR) is 87.7 cm³/mol. The third-order valence-corrected chi connectivity index (χ3v) is 5.61. The number of carbonyl (C=O) groups is 2. The Morgan fingerprint density at radius 1 is 1.23 bits per heavy atom. The molecule has 2 bridgehead atoms. The third-order valence-electron chi connectivity index (χ3n) is 5.61. The van der Waals surface area contributed by atoms with Crippen LogP contribution in [0.25, 0.3) is 6.08 Å². The van der Waals surface area contributed by atoms with Crippen molar-refractivity contribution >= 4 is 18.3 Å². The molecule has 4 atom stereocenters. The van der Waals surface area contributed by atoms with Crippen molar-refractivity contribution in [1.82, 2.24) is 5.32 Å². The minimum Gasteiger partial charge on any atom is -0.352 e. The van der Waals surface area contributed by atoms with Gasteiger partial charge in [-0.05, 0) is 53.4 Å². The van der Waals surface area contributed by atoms with Crippen LogP contribution >= 0.6 is 0 Å². The molecule has 1 aromatic carbocycles. The summed E-state index contributed by atoms with van der Waals surface area (Å²) in [5.41, 5.74) is 3.85. The summed E-state index contributed by atoms with van der Waals surface area (Å²) in [5.74, 6) is 1.80. The van der Waals surface area contributed by atoms with Crippen molar-refractivity contribution in [2.75, 3.05) is 6.54 Å². The average Bonchev–Trinajstić information content (AvgIpc) is 2.68. The van der Waals surface area contributed by atoms with E-state index < -0.39 is 0 Å². The molecular weight excluding hydrogens is 274 g/mol. The first-order chi connectivity index (χ1) is 10.5. The Morgan fingerprint density at radius 2 is 2.00 bits per heavy atom. The number of hydrogen-bond donors (Lipinski definition) is 1. The lowest BCUT2D eigenvalue weighted by atomic mass is 9.71. The van der Waals surface area contributed by atoms with E-state index in [1.807, 2.05) is 24.3 Å². The second-order valence-corrected chi connectivity index (χ2v) is 6.88. The molecule has 116 valence electrons. The predicted octanol–water partition coefficient (Wildman–Crippen LogP) is 3.41. The molecule has 3 rings (SSSR count). The van der Waals surface area contributed by atoms with Gasteiger partial charge in [-0.2, -0.15) is 0 Å². The average molecular weight is 297 g/mol. The normalized spacial score (nSPS) is 31.0. The monoisotopic (exact) mass is 297 g/mol. The van der Waals surface area contributed by atoms with Crippen molar-refractivity contribution in [1.29, 1.82) is 0 Å². The first-order valence-corrected chi connectivity index (χ1v) is 8.09. The highest BCUT2D eigenvalue weighted by Crippen LogP contribution is 2.43. The van der Waals surface area contributed by atoms with Gasteiger partial charge >= 0.3 is 0 Å². The zero-order chi connectivity index (χ0) is 15.9. The molecule has 0 aromatic heterocycles. The minimum atomic E-state index is 0.0586. The van der Waals surface area contributed by atoms with Crippen LogP contribution in [0.15, 0.2) is 23.8 Å². The van der Waals surface area contributed by atoms with Gasteiger partial charge in [0.15, 0.2) is 0 Å². The van der Waals surface area contributed by atoms with Crippen LogP contribution in [0.5, 0.6) is 0 Å². The molecule has 4 unspecified atom stereocenters. The SMILES string of the molecule is CC1CNC(=O)C2=Cc3ccc(C=O)cc3C(C)C(C2)C1C. The Kier molecular flexibility index (Phi) is 3.90. The van der Waals surface area contributed by atoms with E-state index in [1.165, 1.54) is 5.56 Å². The molecule has 1 aliphatic heterocycles. The zero-order valence-electron chi connectivity index (χ0n) is 13.4. The van der Waals surface area contributed by atoms with Crippen molar-refractivity contribution in [3.63, 3.8) is 0 Å². The molecule has 1 fully saturated rings. The third kappa shape index (κ3) is 2.49. The van der Waals surface area contributed by atoms with Gasteiger partial charge in [-0.25, -0.2) is 0 Å². The summed E-state index contributed by atoms with van der Waals surface area (Å²) in [4.78, 5) is 23.5. The molecule has 3 heteroatoms. The second-order valence-electron chi connectivity index (χ2n) is 6.88. The van der Waals surface area contributed by atoms with Gasteiger partial charge in [0.05, 0.1) is 0 Å². The van der Waals surface area contributed by atoms with Crippen LogP contribution in [0, 0.1) is 17.8 Å². The lowest BCUT2D eigenvalue weighted by molar-refractivity contribution is -0.118. The largest absolute Gasteiger partial charge is 0.352 e. The Balaban J connectivity index is 2.15. The summed E-state index contributed by atoms with van der Waals surface area (Å²) >= 11 is 0. The topological polar surface area (TPSA) is 46.2 Å². The smallest absolute Gasteiger partial charge is 0.247 e. The molecule has 1 saturated heterocycles. The maximum absolute atomic E-state index is 12.4. The standard InChI is InChI=1S/C19H23NO2/c1-11-9-20-19(22)16-7-15-5-4-14(10-21)6-18(15)13(3)17(8-16)12(11)2/h4-7,10-13,17H,8-9H2,1-3H3,(H,20,22). The van der Waals surface area contributed by atoms with Gasteiger partial charge in [-0.3, -0.25) is 9.59 Å². The Morgan fingerprint density at radius 3 is 2.73 bits per heavy atom. The van der Waals surface area contributed by atoms with Gasteiger partial charge in [-0.1, -0.05) is 32.9 Å². The van der Waals surface area contributed by atoms with Crippen molar-refractivity contribution < 1.29 is 9.59 Å². The van der Waals surface area contributed by atoms with E-state index in [4.69, 9.17) is 0 Å². The van der Waals surface area contributed by atoms with Crippen LogP contribution in [-0.2, 0) is 4.79 Å². The molecule has 3 nitrogen and oxygen atoms in total. The fourth-order valence-corrected chi connectivity index (χ4v) is 3.87. The van der Waals surface area contributed by atoms with Gasteiger partial charge in [0, 0.05) is 17.7 Å². The summed E-state index contributed by atoms with van der Waals surface area (Å²) in [7, 11) is 0. The van der Waals surface area contributed by atoms with Crippen molar-refractivity contribution in [2.24, 2.45) is 17.8 Å². The number of nitrogens with one attached hydrogen (secondary N) is 1. The fraction of sp³-hybridized carbons (Fsp3) is 0.474. The lowest BCUT2D eigenvalue weighted by Crippen LogP contribution is -2.38. The van der Waals surface area contributed by atoms with Crippen molar-refractivity contribution in [3.8, 4) is 0 Å². The van der Waals surface area contributed by atoms with E-state index in [-0.39, 0.29) is 5.91 Å². The van der Waals surface area contributed by atoms with Gasteiger partial charge in [-0.15, -0.1) is 0 Å². The van der Waals surface area contributed by atoms with Crippen LogP contribution in [0.2, 0.25) is 0 Å². The van der Waals surface area contributed by atoms with E-state index in [2.05, 4.69) is 26.1 Å². The highest BCUT2D eigenvalue weighted by atomic mass is 16.1. The summed E-state index contributed by atoms with van der Waals surface area (Å²) in [6.45, 7) is 7.46. The second kappa shape index (κ2) is 5.71.